The van der Waals surface area contributed by atoms with Crippen molar-refractivity contribution >= 4 is 5.57 Å². The van der Waals surface area contributed by atoms with Gasteiger partial charge in [0, 0.05) is 17.2 Å². The Morgan fingerprint density at radius 3 is 2.73 bits per heavy atom. The molecule has 0 amide bonds. The van der Waals surface area contributed by atoms with Crippen molar-refractivity contribution in [3.8, 4) is 11.5 Å². The first kappa shape index (κ1) is 14.6. The first-order valence-corrected chi connectivity index (χ1v) is 7.29. The summed E-state index contributed by atoms with van der Waals surface area (Å²) < 4.78 is 24.7. The second-order valence-electron chi connectivity index (χ2n) is 5.72. The van der Waals surface area contributed by atoms with Gasteiger partial charge >= 0.3 is 0 Å². The van der Waals surface area contributed by atoms with E-state index in [9.17, 15) is 4.39 Å². The lowest BCUT2D eigenvalue weighted by Gasteiger charge is -2.31. The van der Waals surface area contributed by atoms with Crippen LogP contribution in [0, 0.1) is 5.82 Å². The Bertz CT molecular complexity index is 720. The molecule has 0 bridgehead atoms. The van der Waals surface area contributed by atoms with Crippen LogP contribution >= 0.6 is 0 Å². The van der Waals surface area contributed by atoms with Gasteiger partial charge in [-0.05, 0) is 51.1 Å². The Morgan fingerprint density at radius 1 is 1.23 bits per heavy atom. The molecule has 2 heterocycles. The predicted molar refractivity (Wildman–Crippen MR) is 83.6 cm³/mol. The van der Waals surface area contributed by atoms with Gasteiger partial charge in [0.1, 0.15) is 22.9 Å². The predicted octanol–water partition coefficient (Wildman–Crippen LogP) is 4.22. The molecule has 0 N–H and O–H groups in total. The van der Waals surface area contributed by atoms with Crippen molar-refractivity contribution in [1.82, 2.24) is 4.98 Å². The Balaban J connectivity index is 2.10. The van der Waals surface area contributed by atoms with Crippen LogP contribution in [-0.2, 0) is 0 Å². The van der Waals surface area contributed by atoms with Crippen molar-refractivity contribution in [1.29, 1.82) is 0 Å². The van der Waals surface area contributed by atoms with E-state index in [2.05, 4.69) is 4.98 Å². The van der Waals surface area contributed by atoms with Crippen LogP contribution in [0.15, 0.2) is 42.6 Å². The van der Waals surface area contributed by atoms with E-state index in [1.807, 2.05) is 45.0 Å². The topological polar surface area (TPSA) is 31.4 Å². The molecule has 4 heteroatoms. The van der Waals surface area contributed by atoms with Gasteiger partial charge in [0.2, 0.25) is 0 Å². The van der Waals surface area contributed by atoms with Gasteiger partial charge in [0.15, 0.2) is 0 Å². The minimum atomic E-state index is -0.469. The van der Waals surface area contributed by atoms with Crippen molar-refractivity contribution < 1.29 is 13.9 Å². The Morgan fingerprint density at radius 2 is 2.05 bits per heavy atom. The molecule has 0 aliphatic carbocycles. The first-order valence-electron chi connectivity index (χ1n) is 7.29. The Kier molecular flexibility index (Phi) is 3.61. The van der Waals surface area contributed by atoms with Crippen molar-refractivity contribution in [3.05, 3.63) is 59.7 Å². The van der Waals surface area contributed by atoms with Gasteiger partial charge in [-0.1, -0.05) is 0 Å². The van der Waals surface area contributed by atoms with Crippen LogP contribution in [0.1, 0.15) is 32.0 Å². The van der Waals surface area contributed by atoms with Gasteiger partial charge in [0.05, 0.1) is 18.5 Å². The minimum Gasteiger partial charge on any atom is -0.494 e. The zero-order chi connectivity index (χ0) is 15.7. The lowest BCUT2D eigenvalue weighted by atomic mass is 9.92. The molecule has 0 saturated heterocycles. The fourth-order valence-corrected chi connectivity index (χ4v) is 2.55. The number of fused-ring (bicyclic) bond motifs is 1. The standard InChI is InChI=1S/C18H18FNO2/c1-4-21-13-6-7-14-15(16-8-5-12(19)11-20-16)10-18(2,3)22-17(14)9-13/h5-11H,4H2,1-3H3. The second-order valence-corrected chi connectivity index (χ2v) is 5.72. The van der Waals surface area contributed by atoms with Crippen LogP contribution in [0.25, 0.3) is 5.57 Å². The second kappa shape index (κ2) is 5.44. The summed E-state index contributed by atoms with van der Waals surface area (Å²) in [5.41, 5.74) is 2.13. The molecule has 22 heavy (non-hydrogen) atoms. The molecule has 0 unspecified atom stereocenters. The molecule has 0 spiro atoms. The molecule has 1 aromatic heterocycles. The molecule has 0 radical (unpaired) electrons. The molecular weight excluding hydrogens is 281 g/mol. The van der Waals surface area contributed by atoms with Crippen LogP contribution in [0.3, 0.4) is 0 Å². The number of hydrogen-bond donors (Lipinski definition) is 0. The molecule has 114 valence electrons. The highest BCUT2D eigenvalue weighted by atomic mass is 19.1. The molecule has 3 rings (SSSR count). The fourth-order valence-electron chi connectivity index (χ4n) is 2.55. The minimum absolute atomic E-state index is 0.345. The molecule has 0 saturated carbocycles. The van der Waals surface area contributed by atoms with Crippen LogP contribution in [0.5, 0.6) is 11.5 Å². The zero-order valence-electron chi connectivity index (χ0n) is 12.9. The quantitative estimate of drug-likeness (QED) is 0.850. The number of benzene rings is 1. The average Bonchev–Trinajstić information content (AvgIpc) is 2.46. The van der Waals surface area contributed by atoms with Crippen LogP contribution < -0.4 is 9.47 Å². The zero-order valence-corrected chi connectivity index (χ0v) is 12.9. The maximum atomic E-state index is 13.1. The summed E-state index contributed by atoms with van der Waals surface area (Å²) in [5.74, 6) is 1.17. The molecule has 3 nitrogen and oxygen atoms in total. The number of hydrogen-bond acceptors (Lipinski definition) is 3. The normalized spacial score (nSPS) is 15.5. The van der Waals surface area contributed by atoms with Gasteiger partial charge in [0.25, 0.3) is 0 Å². The number of aromatic nitrogens is 1. The first-order chi connectivity index (χ1) is 10.5. The van der Waals surface area contributed by atoms with E-state index in [0.717, 1.165) is 28.3 Å². The molecule has 0 atom stereocenters. The highest BCUT2D eigenvalue weighted by molar-refractivity contribution is 5.83. The smallest absolute Gasteiger partial charge is 0.141 e. The summed E-state index contributed by atoms with van der Waals surface area (Å²) in [7, 11) is 0. The van der Waals surface area contributed by atoms with E-state index in [4.69, 9.17) is 9.47 Å². The molecule has 2 aromatic rings. The molecule has 1 aliphatic rings. The summed E-state index contributed by atoms with van der Waals surface area (Å²) in [6.45, 7) is 6.50. The van der Waals surface area contributed by atoms with E-state index in [0.29, 0.717) is 6.61 Å². The number of nitrogens with zero attached hydrogens (tertiary/aromatic N) is 1. The summed E-state index contributed by atoms with van der Waals surface area (Å²) in [4.78, 5) is 4.20. The summed E-state index contributed by atoms with van der Waals surface area (Å²) >= 11 is 0. The number of ether oxygens (including phenoxy) is 2. The lowest BCUT2D eigenvalue weighted by molar-refractivity contribution is 0.157. The lowest BCUT2D eigenvalue weighted by Crippen LogP contribution is -2.29. The van der Waals surface area contributed by atoms with Gasteiger partial charge in [-0.3, -0.25) is 4.98 Å². The Hall–Kier alpha value is -2.36. The summed E-state index contributed by atoms with van der Waals surface area (Å²) in [6.07, 6.45) is 3.24. The van der Waals surface area contributed by atoms with Crippen molar-refractivity contribution in [2.24, 2.45) is 0 Å². The van der Waals surface area contributed by atoms with E-state index in [-0.39, 0.29) is 5.82 Å². The fraction of sp³-hybridized carbons (Fsp3) is 0.278. The van der Waals surface area contributed by atoms with Gasteiger partial charge in [-0.15, -0.1) is 0 Å². The van der Waals surface area contributed by atoms with Crippen LogP contribution in [0.4, 0.5) is 4.39 Å². The monoisotopic (exact) mass is 299 g/mol. The van der Waals surface area contributed by atoms with Crippen LogP contribution in [0.2, 0.25) is 0 Å². The highest BCUT2D eigenvalue weighted by Crippen LogP contribution is 2.40. The number of rotatable bonds is 3. The van der Waals surface area contributed by atoms with Gasteiger partial charge in [-0.25, -0.2) is 4.39 Å². The third-order valence-electron chi connectivity index (χ3n) is 3.42. The number of pyridine rings is 1. The largest absolute Gasteiger partial charge is 0.494 e. The van der Waals surface area contributed by atoms with E-state index in [1.165, 1.54) is 12.3 Å². The molecule has 0 fully saturated rings. The maximum Gasteiger partial charge on any atom is 0.141 e. The third-order valence-corrected chi connectivity index (χ3v) is 3.42. The van der Waals surface area contributed by atoms with Crippen LogP contribution in [-0.4, -0.2) is 17.2 Å². The maximum absolute atomic E-state index is 13.1. The molecular formula is C18H18FNO2. The van der Waals surface area contributed by atoms with Crippen molar-refractivity contribution in [2.75, 3.05) is 6.61 Å². The van der Waals surface area contributed by atoms with Crippen molar-refractivity contribution in [3.63, 3.8) is 0 Å². The third kappa shape index (κ3) is 2.82. The Labute approximate surface area is 129 Å². The van der Waals surface area contributed by atoms with E-state index in [1.54, 1.807) is 6.07 Å². The summed E-state index contributed by atoms with van der Waals surface area (Å²) in [5, 5.41) is 0. The van der Waals surface area contributed by atoms with Gasteiger partial charge < -0.3 is 9.47 Å². The van der Waals surface area contributed by atoms with Crippen molar-refractivity contribution in [2.45, 2.75) is 26.4 Å². The van der Waals surface area contributed by atoms with E-state index < -0.39 is 5.60 Å². The average molecular weight is 299 g/mol. The van der Waals surface area contributed by atoms with Gasteiger partial charge in [-0.2, -0.15) is 0 Å². The highest BCUT2D eigenvalue weighted by Gasteiger charge is 2.28. The van der Waals surface area contributed by atoms with E-state index >= 15 is 0 Å². The summed E-state index contributed by atoms with van der Waals surface area (Å²) in [6, 6.07) is 8.84. The molecule has 1 aliphatic heterocycles. The SMILES string of the molecule is CCOc1ccc2c(c1)OC(C)(C)C=C2c1ccc(F)cn1. The molecule has 1 aromatic carbocycles. The number of halogens is 1.